The number of rotatable bonds is 5. The number of hydrogen-bond acceptors (Lipinski definition) is 4. The zero-order valence-corrected chi connectivity index (χ0v) is 14.6. The number of benzene rings is 1. The molecular formula is C15H16Cl2N2O2S. The summed E-state index contributed by atoms with van der Waals surface area (Å²) in [7, 11) is 1.60. The average molecular weight is 359 g/mol. The topological polar surface area (TPSA) is 42.4 Å². The zero-order chi connectivity index (χ0) is 16.0. The molecule has 0 saturated heterocycles. The standard InChI is InChI=1S/C15H16Cl2N2O2S/c1-14(9-15(14,16)17)12(20)19(7-8-21-2)13-18-10-5-3-4-6-11(10)22-13/h3-6H,7-9H2,1-2H3/t14-/m0/s1. The summed E-state index contributed by atoms with van der Waals surface area (Å²) in [6.07, 6.45) is 0.455. The van der Waals surface area contributed by atoms with Crippen LogP contribution < -0.4 is 4.90 Å². The molecule has 1 amide bonds. The van der Waals surface area contributed by atoms with Gasteiger partial charge < -0.3 is 4.74 Å². The van der Waals surface area contributed by atoms with Crippen LogP contribution in [-0.4, -0.2) is 35.5 Å². The van der Waals surface area contributed by atoms with Crippen molar-refractivity contribution in [3.8, 4) is 0 Å². The first kappa shape index (κ1) is 16.0. The van der Waals surface area contributed by atoms with E-state index in [0.29, 0.717) is 24.7 Å². The second-order valence-electron chi connectivity index (χ2n) is 5.63. The lowest BCUT2D eigenvalue weighted by molar-refractivity contribution is -0.123. The minimum Gasteiger partial charge on any atom is -0.383 e. The molecule has 1 aliphatic carbocycles. The normalized spacial score (nSPS) is 22.7. The Labute approximate surface area is 143 Å². The van der Waals surface area contributed by atoms with Crippen molar-refractivity contribution in [2.45, 2.75) is 17.7 Å². The molecule has 1 fully saturated rings. The van der Waals surface area contributed by atoms with E-state index >= 15 is 0 Å². The summed E-state index contributed by atoms with van der Waals surface area (Å²) < 4.78 is 5.16. The van der Waals surface area contributed by atoms with Crippen molar-refractivity contribution >= 4 is 55.8 Å². The SMILES string of the molecule is COCCN(C(=O)[C@]1(C)CC1(Cl)Cl)c1nc2ccccc2s1. The van der Waals surface area contributed by atoms with Crippen molar-refractivity contribution < 1.29 is 9.53 Å². The molecule has 22 heavy (non-hydrogen) atoms. The van der Waals surface area contributed by atoms with Gasteiger partial charge >= 0.3 is 0 Å². The van der Waals surface area contributed by atoms with E-state index in [4.69, 9.17) is 27.9 Å². The molecule has 1 saturated carbocycles. The van der Waals surface area contributed by atoms with Crippen LogP contribution in [0.2, 0.25) is 0 Å². The molecule has 0 unspecified atom stereocenters. The molecule has 0 aliphatic heterocycles. The number of nitrogens with zero attached hydrogens (tertiary/aromatic N) is 2. The van der Waals surface area contributed by atoms with Crippen LogP contribution in [0, 0.1) is 5.41 Å². The van der Waals surface area contributed by atoms with Gasteiger partial charge in [-0.1, -0.05) is 23.5 Å². The molecule has 4 nitrogen and oxygen atoms in total. The largest absolute Gasteiger partial charge is 0.383 e. The molecule has 0 N–H and O–H groups in total. The van der Waals surface area contributed by atoms with E-state index in [-0.39, 0.29) is 5.91 Å². The summed E-state index contributed by atoms with van der Waals surface area (Å²) in [4.78, 5) is 19.1. The number of methoxy groups -OCH3 is 1. The summed E-state index contributed by atoms with van der Waals surface area (Å²) in [6.45, 7) is 2.65. The highest BCUT2D eigenvalue weighted by Crippen LogP contribution is 2.64. The Bertz CT molecular complexity index is 685. The van der Waals surface area contributed by atoms with Crippen LogP contribution in [-0.2, 0) is 9.53 Å². The Morgan fingerprint density at radius 3 is 2.73 bits per heavy atom. The highest BCUT2D eigenvalue weighted by atomic mass is 35.5. The number of para-hydroxylation sites is 1. The van der Waals surface area contributed by atoms with Gasteiger partial charge in [-0.25, -0.2) is 4.98 Å². The number of fused-ring (bicyclic) bond motifs is 1. The fourth-order valence-electron chi connectivity index (χ4n) is 2.37. The highest BCUT2D eigenvalue weighted by molar-refractivity contribution is 7.22. The maximum Gasteiger partial charge on any atom is 0.237 e. The van der Waals surface area contributed by atoms with E-state index in [1.165, 1.54) is 11.3 Å². The van der Waals surface area contributed by atoms with E-state index in [0.717, 1.165) is 10.2 Å². The maximum absolute atomic E-state index is 12.9. The molecule has 7 heteroatoms. The molecule has 1 aliphatic rings. The number of halogens is 2. The fraction of sp³-hybridized carbons (Fsp3) is 0.467. The van der Waals surface area contributed by atoms with Gasteiger partial charge in [0.15, 0.2) is 5.13 Å². The van der Waals surface area contributed by atoms with Gasteiger partial charge in [-0.15, -0.1) is 23.2 Å². The van der Waals surface area contributed by atoms with E-state index in [1.807, 2.05) is 24.3 Å². The van der Waals surface area contributed by atoms with Crippen LogP contribution in [0.25, 0.3) is 10.2 Å². The van der Waals surface area contributed by atoms with Crippen molar-refractivity contribution in [1.82, 2.24) is 4.98 Å². The lowest BCUT2D eigenvalue weighted by Crippen LogP contribution is -2.40. The minimum absolute atomic E-state index is 0.103. The van der Waals surface area contributed by atoms with Crippen molar-refractivity contribution in [3.63, 3.8) is 0 Å². The van der Waals surface area contributed by atoms with Crippen molar-refractivity contribution in [1.29, 1.82) is 0 Å². The van der Waals surface area contributed by atoms with Gasteiger partial charge in [0.2, 0.25) is 5.91 Å². The van der Waals surface area contributed by atoms with Crippen LogP contribution in [0.15, 0.2) is 24.3 Å². The number of alkyl halides is 2. The Balaban J connectivity index is 1.94. The lowest BCUT2D eigenvalue weighted by atomic mass is 10.1. The number of amides is 1. The Hall–Kier alpha value is -0.880. The second-order valence-corrected chi connectivity index (χ2v) is 8.12. The smallest absolute Gasteiger partial charge is 0.237 e. The van der Waals surface area contributed by atoms with Gasteiger partial charge in [0.05, 0.1) is 28.8 Å². The quantitative estimate of drug-likeness (QED) is 0.762. The van der Waals surface area contributed by atoms with Crippen molar-refractivity contribution in [2.24, 2.45) is 5.41 Å². The molecule has 2 aromatic rings. The van der Waals surface area contributed by atoms with Crippen LogP contribution in [0.1, 0.15) is 13.3 Å². The number of carbonyl (C=O) groups is 1. The number of thiazole rings is 1. The average Bonchev–Trinajstić information content (AvgIpc) is 2.85. The zero-order valence-electron chi connectivity index (χ0n) is 12.3. The number of aromatic nitrogens is 1. The first-order valence-electron chi connectivity index (χ1n) is 6.93. The van der Waals surface area contributed by atoms with Crippen molar-refractivity contribution in [2.75, 3.05) is 25.2 Å². The Morgan fingerprint density at radius 1 is 1.45 bits per heavy atom. The van der Waals surface area contributed by atoms with E-state index < -0.39 is 9.75 Å². The molecule has 0 spiro atoms. The number of ether oxygens (including phenoxy) is 1. The molecule has 1 atom stereocenters. The summed E-state index contributed by atoms with van der Waals surface area (Å²) in [6, 6.07) is 7.80. The molecule has 3 rings (SSSR count). The van der Waals surface area contributed by atoms with Gasteiger partial charge in [-0.2, -0.15) is 0 Å². The van der Waals surface area contributed by atoms with E-state index in [1.54, 1.807) is 18.9 Å². The monoisotopic (exact) mass is 358 g/mol. The summed E-state index contributed by atoms with van der Waals surface area (Å²) in [5.74, 6) is -0.103. The minimum atomic E-state index is -0.994. The first-order valence-corrected chi connectivity index (χ1v) is 8.50. The number of anilines is 1. The van der Waals surface area contributed by atoms with Crippen LogP contribution in [0.5, 0.6) is 0 Å². The molecule has 0 bridgehead atoms. The third-order valence-electron chi connectivity index (χ3n) is 4.01. The number of carbonyl (C=O) groups excluding carboxylic acids is 1. The van der Waals surface area contributed by atoms with Crippen LogP contribution >= 0.6 is 34.5 Å². The third-order valence-corrected chi connectivity index (χ3v) is 6.17. The molecular weight excluding hydrogens is 343 g/mol. The van der Waals surface area contributed by atoms with Crippen molar-refractivity contribution in [3.05, 3.63) is 24.3 Å². The number of hydrogen-bond donors (Lipinski definition) is 0. The van der Waals surface area contributed by atoms with Gasteiger partial charge in [-0.3, -0.25) is 9.69 Å². The molecule has 1 aromatic heterocycles. The van der Waals surface area contributed by atoms with Crippen LogP contribution in [0.4, 0.5) is 5.13 Å². The van der Waals surface area contributed by atoms with Gasteiger partial charge in [0.25, 0.3) is 0 Å². The predicted molar refractivity (Wildman–Crippen MR) is 91.0 cm³/mol. The molecule has 118 valence electrons. The molecule has 1 heterocycles. The predicted octanol–water partition coefficient (Wildman–Crippen LogP) is 3.86. The second kappa shape index (κ2) is 5.64. The van der Waals surface area contributed by atoms with Crippen LogP contribution in [0.3, 0.4) is 0 Å². The third kappa shape index (κ3) is 2.60. The van der Waals surface area contributed by atoms with E-state index in [9.17, 15) is 4.79 Å². The Kier molecular flexibility index (Phi) is 4.10. The van der Waals surface area contributed by atoms with Gasteiger partial charge in [0.1, 0.15) is 4.33 Å². The van der Waals surface area contributed by atoms with Gasteiger partial charge in [0, 0.05) is 7.11 Å². The van der Waals surface area contributed by atoms with Gasteiger partial charge in [-0.05, 0) is 25.5 Å². The highest BCUT2D eigenvalue weighted by Gasteiger charge is 2.69. The Morgan fingerprint density at radius 2 is 2.14 bits per heavy atom. The molecule has 1 aromatic carbocycles. The summed E-state index contributed by atoms with van der Waals surface area (Å²) in [5.41, 5.74) is 0.114. The summed E-state index contributed by atoms with van der Waals surface area (Å²) >= 11 is 13.8. The molecule has 0 radical (unpaired) electrons. The maximum atomic E-state index is 12.9. The fourth-order valence-corrected chi connectivity index (χ4v) is 4.06. The first-order chi connectivity index (χ1) is 10.4. The summed E-state index contributed by atoms with van der Waals surface area (Å²) in [5, 5.41) is 0.653. The van der Waals surface area contributed by atoms with E-state index in [2.05, 4.69) is 4.98 Å². The lowest BCUT2D eigenvalue weighted by Gasteiger charge is -2.23.